The van der Waals surface area contributed by atoms with E-state index in [1.165, 1.54) is 0 Å². The van der Waals surface area contributed by atoms with E-state index >= 15 is 0 Å². The Bertz CT molecular complexity index is 615. The number of benzene rings is 1. The molecule has 3 rings (SSSR count). The maximum atomic E-state index is 12.4. The average Bonchev–Trinajstić information content (AvgIpc) is 2.99. The van der Waals surface area contributed by atoms with Crippen LogP contribution in [0.2, 0.25) is 0 Å². The molecule has 2 amide bonds. The van der Waals surface area contributed by atoms with Gasteiger partial charge in [-0.25, -0.2) is 9.78 Å². The van der Waals surface area contributed by atoms with E-state index in [0.717, 1.165) is 42.9 Å². The second kappa shape index (κ2) is 6.36. The third kappa shape index (κ3) is 3.06. The van der Waals surface area contributed by atoms with Crippen molar-refractivity contribution < 1.29 is 9.53 Å². The molecule has 0 bridgehead atoms. The van der Waals surface area contributed by atoms with Gasteiger partial charge in [0.1, 0.15) is 5.82 Å². The van der Waals surface area contributed by atoms with Crippen LogP contribution in [0.4, 0.5) is 4.79 Å². The van der Waals surface area contributed by atoms with Crippen LogP contribution in [0.5, 0.6) is 0 Å². The van der Waals surface area contributed by atoms with Gasteiger partial charge in [0.2, 0.25) is 0 Å². The van der Waals surface area contributed by atoms with Crippen molar-refractivity contribution in [1.29, 1.82) is 0 Å². The Kier molecular flexibility index (Phi) is 4.29. The third-order valence-corrected chi connectivity index (χ3v) is 4.22. The number of nitrogens with one attached hydrogen (secondary N) is 2. The van der Waals surface area contributed by atoms with Crippen molar-refractivity contribution in [1.82, 2.24) is 20.2 Å². The molecule has 1 aliphatic rings. The monoisotopic (exact) mass is 302 g/mol. The highest BCUT2D eigenvalue weighted by Gasteiger charge is 2.24. The number of hydrogen-bond acceptors (Lipinski definition) is 3. The lowest BCUT2D eigenvalue weighted by atomic mass is 10.1. The Balaban J connectivity index is 1.64. The molecule has 0 spiro atoms. The predicted octanol–water partition coefficient (Wildman–Crippen LogP) is 2.44. The summed E-state index contributed by atoms with van der Waals surface area (Å²) in [7, 11) is 1.84. The van der Waals surface area contributed by atoms with E-state index in [1.807, 2.05) is 38.2 Å². The molecular weight excluding hydrogens is 280 g/mol. The molecule has 6 heteroatoms. The lowest BCUT2D eigenvalue weighted by Gasteiger charge is -2.31. The highest BCUT2D eigenvalue weighted by molar-refractivity contribution is 5.76. The summed E-state index contributed by atoms with van der Waals surface area (Å²) in [6, 6.07) is 7.87. The summed E-state index contributed by atoms with van der Waals surface area (Å²) in [5.74, 6) is 0.773. The minimum atomic E-state index is -0.165. The third-order valence-electron chi connectivity index (χ3n) is 4.22. The van der Waals surface area contributed by atoms with Crippen molar-refractivity contribution >= 4 is 17.1 Å². The van der Waals surface area contributed by atoms with Crippen molar-refractivity contribution in [2.24, 2.45) is 0 Å². The van der Waals surface area contributed by atoms with E-state index < -0.39 is 0 Å². The Labute approximate surface area is 129 Å². The van der Waals surface area contributed by atoms with Crippen LogP contribution in [-0.4, -0.2) is 47.2 Å². The summed E-state index contributed by atoms with van der Waals surface area (Å²) in [6.45, 7) is 3.39. The van der Waals surface area contributed by atoms with Gasteiger partial charge in [-0.3, -0.25) is 0 Å². The van der Waals surface area contributed by atoms with Crippen molar-refractivity contribution in [3.8, 4) is 0 Å². The molecule has 1 aliphatic heterocycles. The van der Waals surface area contributed by atoms with Crippen LogP contribution < -0.4 is 5.32 Å². The number of aromatic nitrogens is 2. The summed E-state index contributed by atoms with van der Waals surface area (Å²) in [6.07, 6.45) is 1.78. The number of urea groups is 1. The zero-order valence-corrected chi connectivity index (χ0v) is 13.0. The van der Waals surface area contributed by atoms with Gasteiger partial charge >= 0.3 is 6.03 Å². The lowest BCUT2D eigenvalue weighted by molar-refractivity contribution is 0.0522. The minimum Gasteiger partial charge on any atom is -0.381 e. The van der Waals surface area contributed by atoms with E-state index in [0.29, 0.717) is 0 Å². The van der Waals surface area contributed by atoms with E-state index in [1.54, 1.807) is 4.90 Å². The number of hydrogen-bond donors (Lipinski definition) is 2. The van der Waals surface area contributed by atoms with Gasteiger partial charge in [0.05, 0.1) is 17.1 Å². The van der Waals surface area contributed by atoms with Crippen molar-refractivity contribution in [3.63, 3.8) is 0 Å². The molecule has 2 aromatic rings. The van der Waals surface area contributed by atoms with Crippen LogP contribution in [0, 0.1) is 0 Å². The molecule has 1 aromatic heterocycles. The molecular formula is C16H22N4O2. The number of rotatable bonds is 3. The first-order valence-electron chi connectivity index (χ1n) is 7.71. The fraction of sp³-hybridized carbons (Fsp3) is 0.500. The predicted molar refractivity (Wildman–Crippen MR) is 84.6 cm³/mol. The Morgan fingerprint density at radius 1 is 1.41 bits per heavy atom. The number of fused-ring (bicyclic) bond motifs is 1. The van der Waals surface area contributed by atoms with Gasteiger partial charge in [-0.2, -0.15) is 0 Å². The van der Waals surface area contributed by atoms with E-state index in [4.69, 9.17) is 4.74 Å². The van der Waals surface area contributed by atoms with Crippen LogP contribution in [0.15, 0.2) is 24.3 Å². The molecule has 6 nitrogen and oxygen atoms in total. The second-order valence-corrected chi connectivity index (χ2v) is 5.76. The number of nitrogens with zero attached hydrogens (tertiary/aromatic N) is 2. The summed E-state index contributed by atoms with van der Waals surface area (Å²) in [5, 5.41) is 3.01. The molecule has 0 saturated carbocycles. The first-order valence-corrected chi connectivity index (χ1v) is 7.71. The molecule has 2 N–H and O–H groups in total. The maximum absolute atomic E-state index is 12.4. The summed E-state index contributed by atoms with van der Waals surface area (Å²) in [4.78, 5) is 21.9. The van der Waals surface area contributed by atoms with Gasteiger partial charge in [0.25, 0.3) is 0 Å². The standard InChI is InChI=1S/C16H22N4O2/c1-11(15-18-13-5-3-4-6-14(13)19-15)17-16(21)20(2)12-7-9-22-10-8-12/h3-6,11-12H,7-10H2,1-2H3,(H,17,21)(H,18,19). The number of carbonyl (C=O) groups excluding carboxylic acids is 1. The maximum Gasteiger partial charge on any atom is 0.317 e. The largest absolute Gasteiger partial charge is 0.381 e. The fourth-order valence-electron chi connectivity index (χ4n) is 2.77. The van der Waals surface area contributed by atoms with Crippen molar-refractivity contribution in [2.75, 3.05) is 20.3 Å². The van der Waals surface area contributed by atoms with Gasteiger partial charge < -0.3 is 19.9 Å². The molecule has 1 fully saturated rings. The van der Waals surface area contributed by atoms with E-state index in [9.17, 15) is 4.79 Å². The summed E-state index contributed by atoms with van der Waals surface area (Å²) >= 11 is 0. The van der Waals surface area contributed by atoms with Gasteiger partial charge in [-0.15, -0.1) is 0 Å². The van der Waals surface area contributed by atoms with Crippen LogP contribution in [0.1, 0.15) is 31.6 Å². The Morgan fingerprint density at radius 2 is 2.14 bits per heavy atom. The first-order chi connectivity index (χ1) is 10.6. The lowest BCUT2D eigenvalue weighted by Crippen LogP contribution is -2.46. The van der Waals surface area contributed by atoms with Crippen LogP contribution in [0.3, 0.4) is 0 Å². The smallest absolute Gasteiger partial charge is 0.317 e. The van der Waals surface area contributed by atoms with E-state index in [-0.39, 0.29) is 18.1 Å². The van der Waals surface area contributed by atoms with Gasteiger partial charge in [0, 0.05) is 26.3 Å². The number of aromatic amines is 1. The van der Waals surface area contributed by atoms with Gasteiger partial charge in [-0.05, 0) is 31.9 Å². The SMILES string of the molecule is CC(NC(=O)N(C)C1CCOCC1)c1nc2ccccc2[nH]1. The minimum absolute atomic E-state index is 0.0696. The molecule has 1 saturated heterocycles. The molecule has 2 heterocycles. The summed E-state index contributed by atoms with van der Waals surface area (Å²) < 4.78 is 5.34. The number of imidazole rings is 1. The van der Waals surface area contributed by atoms with Gasteiger partial charge in [0.15, 0.2) is 0 Å². The van der Waals surface area contributed by atoms with Crippen LogP contribution in [0.25, 0.3) is 11.0 Å². The highest BCUT2D eigenvalue weighted by Crippen LogP contribution is 2.17. The molecule has 118 valence electrons. The number of para-hydroxylation sites is 2. The van der Waals surface area contributed by atoms with E-state index in [2.05, 4.69) is 15.3 Å². The van der Waals surface area contributed by atoms with Crippen molar-refractivity contribution in [3.05, 3.63) is 30.1 Å². The number of carbonyl (C=O) groups is 1. The average molecular weight is 302 g/mol. The Hall–Kier alpha value is -2.08. The first kappa shape index (κ1) is 14.8. The second-order valence-electron chi connectivity index (χ2n) is 5.76. The van der Waals surface area contributed by atoms with Crippen LogP contribution in [-0.2, 0) is 4.74 Å². The normalized spacial score (nSPS) is 17.4. The highest BCUT2D eigenvalue weighted by atomic mass is 16.5. The topological polar surface area (TPSA) is 70.2 Å². The fourth-order valence-corrected chi connectivity index (χ4v) is 2.77. The number of ether oxygens (including phenoxy) is 1. The quantitative estimate of drug-likeness (QED) is 0.915. The molecule has 1 atom stereocenters. The molecule has 0 aliphatic carbocycles. The number of H-pyrrole nitrogens is 1. The molecule has 1 aromatic carbocycles. The molecule has 1 unspecified atom stereocenters. The zero-order valence-electron chi connectivity index (χ0n) is 13.0. The zero-order chi connectivity index (χ0) is 15.5. The Morgan fingerprint density at radius 3 is 2.86 bits per heavy atom. The molecule has 22 heavy (non-hydrogen) atoms. The van der Waals surface area contributed by atoms with Gasteiger partial charge in [-0.1, -0.05) is 12.1 Å². The van der Waals surface area contributed by atoms with Crippen LogP contribution >= 0.6 is 0 Å². The summed E-state index contributed by atoms with van der Waals surface area (Å²) in [5.41, 5.74) is 1.90. The number of amides is 2. The van der Waals surface area contributed by atoms with Crippen molar-refractivity contribution in [2.45, 2.75) is 31.8 Å². The molecule has 0 radical (unpaired) electrons.